The van der Waals surface area contributed by atoms with Crippen LogP contribution in [0.1, 0.15) is 49.7 Å². The molecule has 28 heavy (non-hydrogen) atoms. The summed E-state index contributed by atoms with van der Waals surface area (Å²) >= 11 is 0. The van der Waals surface area contributed by atoms with Gasteiger partial charge in [0.2, 0.25) is 0 Å². The highest BCUT2D eigenvalue weighted by Crippen LogP contribution is 2.21. The first kappa shape index (κ1) is 20.4. The first-order valence-corrected chi connectivity index (χ1v) is 10.5. The Morgan fingerprint density at radius 2 is 1.93 bits per heavy atom. The van der Waals surface area contributed by atoms with E-state index >= 15 is 0 Å². The van der Waals surface area contributed by atoms with Crippen LogP contribution >= 0.6 is 0 Å². The van der Waals surface area contributed by atoms with E-state index < -0.39 is 0 Å². The van der Waals surface area contributed by atoms with Crippen molar-refractivity contribution in [3.63, 3.8) is 0 Å². The summed E-state index contributed by atoms with van der Waals surface area (Å²) in [4.78, 5) is 14.5. The second-order valence-electron chi connectivity index (χ2n) is 7.77. The predicted octanol–water partition coefficient (Wildman–Crippen LogP) is 3.39. The van der Waals surface area contributed by atoms with Gasteiger partial charge in [-0.25, -0.2) is 4.79 Å². The predicted molar refractivity (Wildman–Crippen MR) is 112 cm³/mol. The lowest BCUT2D eigenvalue weighted by atomic mass is 9.94. The second-order valence-corrected chi connectivity index (χ2v) is 7.77. The molecule has 0 unspecified atom stereocenters. The monoisotopic (exact) mass is 383 g/mol. The molecule has 2 aromatic rings. The van der Waals surface area contributed by atoms with Crippen molar-refractivity contribution in [3.8, 4) is 0 Å². The first-order valence-electron chi connectivity index (χ1n) is 10.5. The van der Waals surface area contributed by atoms with Crippen LogP contribution in [0.3, 0.4) is 0 Å². The van der Waals surface area contributed by atoms with Crippen molar-refractivity contribution in [1.29, 1.82) is 0 Å². The van der Waals surface area contributed by atoms with Crippen LogP contribution in [0.4, 0.5) is 4.79 Å². The van der Waals surface area contributed by atoms with Crippen LogP contribution in [0.25, 0.3) is 0 Å². The molecule has 1 fully saturated rings. The maximum Gasteiger partial charge on any atom is 0.315 e. The van der Waals surface area contributed by atoms with Crippen LogP contribution in [-0.2, 0) is 13.1 Å². The van der Waals surface area contributed by atoms with Crippen LogP contribution in [0, 0.1) is 0 Å². The molecule has 2 N–H and O–H groups in total. The Balaban J connectivity index is 1.29. The van der Waals surface area contributed by atoms with Gasteiger partial charge in [0.15, 0.2) is 0 Å². The highest BCUT2D eigenvalue weighted by molar-refractivity contribution is 5.73. The number of nitrogens with one attached hydrogen (secondary N) is 2. The number of benzene rings is 1. The van der Waals surface area contributed by atoms with Crippen LogP contribution in [0.15, 0.2) is 42.7 Å². The Morgan fingerprint density at radius 1 is 1.14 bits per heavy atom. The van der Waals surface area contributed by atoms with Gasteiger partial charge in [-0.15, -0.1) is 0 Å². The molecule has 6 nitrogen and oxygen atoms in total. The van der Waals surface area contributed by atoms with E-state index in [2.05, 4.69) is 39.8 Å². The van der Waals surface area contributed by atoms with Gasteiger partial charge in [-0.2, -0.15) is 5.10 Å². The maximum absolute atomic E-state index is 12.0. The SMILES string of the molecule is CN(CCCNC(=O)NCc1cnn(Cc2ccccc2)c1)C1CCCCC1. The van der Waals surface area contributed by atoms with Crippen molar-refractivity contribution < 1.29 is 4.79 Å². The molecule has 1 aromatic carbocycles. The number of hydrogen-bond acceptors (Lipinski definition) is 3. The number of aromatic nitrogens is 2. The van der Waals surface area contributed by atoms with E-state index in [0.29, 0.717) is 13.1 Å². The number of hydrogen-bond donors (Lipinski definition) is 2. The summed E-state index contributed by atoms with van der Waals surface area (Å²) in [5, 5.41) is 10.2. The minimum atomic E-state index is -0.115. The van der Waals surface area contributed by atoms with Crippen LogP contribution in [0.5, 0.6) is 0 Å². The number of carbonyl (C=O) groups is 1. The third-order valence-electron chi connectivity index (χ3n) is 5.50. The van der Waals surface area contributed by atoms with Crippen LogP contribution < -0.4 is 10.6 Å². The molecular formula is C22H33N5O. The molecule has 0 aliphatic heterocycles. The molecule has 152 valence electrons. The lowest BCUT2D eigenvalue weighted by Crippen LogP contribution is -2.38. The van der Waals surface area contributed by atoms with Gasteiger partial charge in [0.1, 0.15) is 0 Å². The molecule has 1 saturated carbocycles. The van der Waals surface area contributed by atoms with Gasteiger partial charge < -0.3 is 15.5 Å². The molecule has 2 amide bonds. The number of carbonyl (C=O) groups excluding carboxylic acids is 1. The zero-order valence-corrected chi connectivity index (χ0v) is 16.9. The van der Waals surface area contributed by atoms with Crippen molar-refractivity contribution >= 4 is 6.03 Å². The van der Waals surface area contributed by atoms with Gasteiger partial charge in [-0.05, 0) is 38.4 Å². The summed E-state index contributed by atoms with van der Waals surface area (Å²) in [7, 11) is 2.21. The summed E-state index contributed by atoms with van der Waals surface area (Å²) in [6.07, 6.45) is 11.5. The highest BCUT2D eigenvalue weighted by Gasteiger charge is 2.17. The van der Waals surface area contributed by atoms with E-state index in [-0.39, 0.29) is 6.03 Å². The van der Waals surface area contributed by atoms with E-state index in [1.54, 1.807) is 0 Å². The van der Waals surface area contributed by atoms with Crippen molar-refractivity contribution in [1.82, 2.24) is 25.3 Å². The fourth-order valence-corrected chi connectivity index (χ4v) is 3.83. The fraction of sp³-hybridized carbons (Fsp3) is 0.545. The molecule has 3 rings (SSSR count). The van der Waals surface area contributed by atoms with Crippen LogP contribution in [-0.4, -0.2) is 46.9 Å². The Bertz CT molecular complexity index is 709. The average Bonchev–Trinajstić information content (AvgIpc) is 3.18. The Labute approximate surface area is 168 Å². The second kappa shape index (κ2) is 10.9. The standard InChI is InChI=1S/C22H33N5O/c1-26(21-11-6-3-7-12-21)14-8-13-23-22(28)24-15-20-16-25-27(18-20)17-19-9-4-2-5-10-19/h2,4-5,9-10,16,18,21H,3,6-8,11-15,17H2,1H3,(H2,23,24,28). The van der Waals surface area contributed by atoms with Crippen LogP contribution in [0.2, 0.25) is 0 Å². The van der Waals surface area contributed by atoms with Crippen molar-refractivity contribution in [2.24, 2.45) is 0 Å². The van der Waals surface area contributed by atoms with E-state index in [4.69, 9.17) is 0 Å². The van der Waals surface area contributed by atoms with Gasteiger partial charge in [-0.3, -0.25) is 4.68 Å². The van der Waals surface area contributed by atoms with E-state index in [1.165, 1.54) is 37.7 Å². The molecule has 0 radical (unpaired) electrons. The van der Waals surface area contributed by atoms with Gasteiger partial charge in [0.25, 0.3) is 0 Å². The molecule has 1 aromatic heterocycles. The van der Waals surface area contributed by atoms with E-state index in [0.717, 1.165) is 31.1 Å². The number of amides is 2. The molecular weight excluding hydrogens is 350 g/mol. The molecule has 1 heterocycles. The topological polar surface area (TPSA) is 62.2 Å². The summed E-state index contributed by atoms with van der Waals surface area (Å²) in [5.41, 5.74) is 2.21. The molecule has 0 saturated heterocycles. The highest BCUT2D eigenvalue weighted by atomic mass is 16.2. The zero-order valence-electron chi connectivity index (χ0n) is 16.9. The molecule has 0 atom stereocenters. The lowest BCUT2D eigenvalue weighted by molar-refractivity contribution is 0.189. The molecule has 6 heteroatoms. The average molecular weight is 384 g/mol. The van der Waals surface area contributed by atoms with Gasteiger partial charge in [-0.1, -0.05) is 49.6 Å². The van der Waals surface area contributed by atoms with Gasteiger partial charge in [0, 0.05) is 30.9 Å². The van der Waals surface area contributed by atoms with Gasteiger partial charge >= 0.3 is 6.03 Å². The fourth-order valence-electron chi connectivity index (χ4n) is 3.83. The smallest absolute Gasteiger partial charge is 0.315 e. The summed E-state index contributed by atoms with van der Waals surface area (Å²) in [6, 6.07) is 10.8. The lowest BCUT2D eigenvalue weighted by Gasteiger charge is -2.31. The Morgan fingerprint density at radius 3 is 2.71 bits per heavy atom. The van der Waals surface area contributed by atoms with E-state index in [1.807, 2.05) is 35.3 Å². The zero-order chi connectivity index (χ0) is 19.6. The number of nitrogens with zero attached hydrogens (tertiary/aromatic N) is 3. The number of rotatable bonds is 9. The Kier molecular flexibility index (Phi) is 7.91. The number of urea groups is 1. The van der Waals surface area contributed by atoms with Gasteiger partial charge in [0.05, 0.1) is 12.7 Å². The largest absolute Gasteiger partial charge is 0.338 e. The minimum absolute atomic E-state index is 0.115. The normalized spacial score (nSPS) is 14.9. The Hall–Kier alpha value is -2.34. The van der Waals surface area contributed by atoms with Crippen molar-refractivity contribution in [3.05, 3.63) is 53.9 Å². The summed E-state index contributed by atoms with van der Waals surface area (Å²) in [6.45, 7) is 2.97. The molecule has 1 aliphatic carbocycles. The minimum Gasteiger partial charge on any atom is -0.338 e. The van der Waals surface area contributed by atoms with Crippen molar-refractivity contribution in [2.75, 3.05) is 20.1 Å². The maximum atomic E-state index is 12.0. The molecule has 0 spiro atoms. The first-order chi connectivity index (χ1) is 13.7. The molecule has 1 aliphatic rings. The third-order valence-corrected chi connectivity index (χ3v) is 5.50. The summed E-state index contributed by atoms with van der Waals surface area (Å²) < 4.78 is 1.89. The molecule has 0 bridgehead atoms. The third kappa shape index (κ3) is 6.68. The quantitative estimate of drug-likeness (QED) is 0.653. The van der Waals surface area contributed by atoms with E-state index in [9.17, 15) is 4.79 Å². The summed E-state index contributed by atoms with van der Waals surface area (Å²) in [5.74, 6) is 0. The van der Waals surface area contributed by atoms with Crippen molar-refractivity contribution in [2.45, 2.75) is 57.7 Å².